The monoisotopic (exact) mass is 779 g/mol. The van der Waals surface area contributed by atoms with Gasteiger partial charge in [0.2, 0.25) is 0 Å². The molecule has 0 bridgehead atoms. The molecule has 0 aliphatic carbocycles. The van der Waals surface area contributed by atoms with E-state index in [1.54, 1.807) is 0 Å². The van der Waals surface area contributed by atoms with Crippen molar-refractivity contribution in [2.24, 2.45) is 0 Å². The SMILES string of the molecule is CC/C=C\C/C=C\C/C=C\C/C=C\CCCCCCCCC(=O)OC(CO)COC(=O)CCCCCCCCCC/C=C\C/C=C\C/C=C\CCCCCCC. The summed E-state index contributed by atoms with van der Waals surface area (Å²) in [4.78, 5) is 24.4. The van der Waals surface area contributed by atoms with Crippen LogP contribution in [0, 0.1) is 0 Å². The molecule has 320 valence electrons. The van der Waals surface area contributed by atoms with Crippen LogP contribution >= 0.6 is 0 Å². The molecule has 56 heavy (non-hydrogen) atoms. The number of hydrogen-bond acceptors (Lipinski definition) is 5. The van der Waals surface area contributed by atoms with Gasteiger partial charge in [-0.2, -0.15) is 0 Å². The first-order valence-corrected chi connectivity index (χ1v) is 23.1. The molecule has 0 saturated heterocycles. The van der Waals surface area contributed by atoms with Crippen LogP contribution in [0.3, 0.4) is 0 Å². The Hall–Kier alpha value is -2.92. The Morgan fingerprint density at radius 1 is 0.429 bits per heavy atom. The maximum Gasteiger partial charge on any atom is 0.306 e. The molecule has 0 aromatic heterocycles. The number of rotatable bonds is 41. The lowest BCUT2D eigenvalue weighted by Crippen LogP contribution is -2.28. The van der Waals surface area contributed by atoms with E-state index in [0.29, 0.717) is 12.8 Å². The lowest BCUT2D eigenvalue weighted by atomic mass is 10.1. The summed E-state index contributed by atoms with van der Waals surface area (Å²) in [7, 11) is 0. The van der Waals surface area contributed by atoms with Gasteiger partial charge in [0, 0.05) is 12.8 Å². The summed E-state index contributed by atoms with van der Waals surface area (Å²) in [5.74, 6) is -0.619. The minimum atomic E-state index is -0.788. The Morgan fingerprint density at radius 2 is 0.768 bits per heavy atom. The Morgan fingerprint density at radius 3 is 1.16 bits per heavy atom. The van der Waals surface area contributed by atoms with Crippen LogP contribution < -0.4 is 0 Å². The summed E-state index contributed by atoms with van der Waals surface area (Å²) in [5.41, 5.74) is 0. The third-order valence-corrected chi connectivity index (χ3v) is 9.67. The van der Waals surface area contributed by atoms with E-state index in [4.69, 9.17) is 9.47 Å². The van der Waals surface area contributed by atoms with Crippen molar-refractivity contribution >= 4 is 11.9 Å². The maximum absolute atomic E-state index is 12.2. The molecule has 0 aromatic rings. The fourth-order valence-corrected chi connectivity index (χ4v) is 6.20. The summed E-state index contributed by atoms with van der Waals surface area (Å²) >= 11 is 0. The van der Waals surface area contributed by atoms with Crippen molar-refractivity contribution in [1.82, 2.24) is 0 Å². The third-order valence-electron chi connectivity index (χ3n) is 9.67. The summed E-state index contributed by atoms with van der Waals surface area (Å²) in [6.45, 7) is 3.99. The van der Waals surface area contributed by atoms with Crippen molar-refractivity contribution in [3.05, 3.63) is 85.1 Å². The number of aliphatic hydroxyl groups excluding tert-OH is 1. The first-order chi connectivity index (χ1) is 27.6. The van der Waals surface area contributed by atoms with Gasteiger partial charge in [-0.05, 0) is 89.9 Å². The van der Waals surface area contributed by atoms with Gasteiger partial charge in [0.05, 0.1) is 6.61 Å². The number of ether oxygens (including phenoxy) is 2. The molecule has 0 radical (unpaired) electrons. The van der Waals surface area contributed by atoms with E-state index in [0.717, 1.165) is 83.5 Å². The molecule has 0 aromatic carbocycles. The molecule has 1 N–H and O–H groups in total. The molecule has 0 rings (SSSR count). The summed E-state index contributed by atoms with van der Waals surface area (Å²) in [6, 6.07) is 0. The first kappa shape index (κ1) is 53.1. The van der Waals surface area contributed by atoms with Crippen LogP contribution in [0.25, 0.3) is 0 Å². The molecule has 0 aliphatic heterocycles. The molecule has 0 spiro atoms. The molecular formula is C51H86O5. The smallest absolute Gasteiger partial charge is 0.306 e. The second kappa shape index (κ2) is 46.5. The molecule has 1 unspecified atom stereocenters. The van der Waals surface area contributed by atoms with Gasteiger partial charge >= 0.3 is 11.9 Å². The molecule has 1 atom stereocenters. The van der Waals surface area contributed by atoms with Crippen LogP contribution in [0.5, 0.6) is 0 Å². The van der Waals surface area contributed by atoms with Crippen molar-refractivity contribution in [2.45, 2.75) is 213 Å². The number of unbranched alkanes of at least 4 members (excludes halogenated alkanes) is 19. The molecular weight excluding hydrogens is 693 g/mol. The van der Waals surface area contributed by atoms with Gasteiger partial charge < -0.3 is 14.6 Å². The lowest BCUT2D eigenvalue weighted by Gasteiger charge is -2.15. The molecule has 5 heteroatoms. The second-order valence-corrected chi connectivity index (χ2v) is 15.1. The third kappa shape index (κ3) is 43.8. The normalized spacial score (nSPS) is 13.0. The van der Waals surface area contributed by atoms with E-state index >= 15 is 0 Å². The van der Waals surface area contributed by atoms with Gasteiger partial charge in [0.25, 0.3) is 0 Å². The van der Waals surface area contributed by atoms with Crippen molar-refractivity contribution < 1.29 is 24.2 Å². The largest absolute Gasteiger partial charge is 0.462 e. The number of esters is 2. The van der Waals surface area contributed by atoms with Gasteiger partial charge in [-0.25, -0.2) is 0 Å². The highest BCUT2D eigenvalue weighted by molar-refractivity contribution is 5.70. The predicted octanol–water partition coefficient (Wildman–Crippen LogP) is 15.1. The molecule has 5 nitrogen and oxygen atoms in total. The average molecular weight is 779 g/mol. The quantitative estimate of drug-likeness (QED) is 0.0380. The Labute approximate surface area is 346 Å². The average Bonchev–Trinajstić information content (AvgIpc) is 3.20. The van der Waals surface area contributed by atoms with Crippen LogP contribution in [0.15, 0.2) is 85.1 Å². The fourth-order valence-electron chi connectivity index (χ4n) is 6.20. The van der Waals surface area contributed by atoms with Crippen molar-refractivity contribution in [2.75, 3.05) is 13.2 Å². The van der Waals surface area contributed by atoms with Gasteiger partial charge in [0.15, 0.2) is 6.10 Å². The number of carbonyl (C=O) groups excluding carboxylic acids is 2. The predicted molar refractivity (Wildman–Crippen MR) is 242 cm³/mol. The molecule has 0 fully saturated rings. The first-order valence-electron chi connectivity index (χ1n) is 23.1. The second-order valence-electron chi connectivity index (χ2n) is 15.1. The Kier molecular flexibility index (Phi) is 44.0. The van der Waals surface area contributed by atoms with E-state index in [1.807, 2.05) is 0 Å². The number of aliphatic hydroxyl groups is 1. The Balaban J connectivity index is 3.59. The highest BCUT2D eigenvalue weighted by atomic mass is 16.6. The van der Waals surface area contributed by atoms with Gasteiger partial charge in [-0.1, -0.05) is 189 Å². The molecule has 0 heterocycles. The van der Waals surface area contributed by atoms with E-state index in [2.05, 4.69) is 98.9 Å². The maximum atomic E-state index is 12.2. The standard InChI is InChI=1S/C51H86O5/c1-3-5-7-9-11-13-15-17-19-21-23-24-25-26-28-29-31-33-35-37-39-41-43-45-50(53)55-48-49(47-52)56-51(54)46-44-42-40-38-36-34-32-30-27-22-20-18-16-14-12-10-8-6-4-2/h6,8,12,14-15,17-18,20-21,23,25-27,30,49,52H,3-5,7,9-11,13,16,19,22,24,28-29,31-48H2,1-2H3/b8-6-,14-12-,17-15-,20-18-,23-21-,26-25-,30-27-. The number of carbonyl (C=O) groups is 2. The topological polar surface area (TPSA) is 72.8 Å². The van der Waals surface area contributed by atoms with Crippen LogP contribution in [0.2, 0.25) is 0 Å². The van der Waals surface area contributed by atoms with Crippen LogP contribution in [-0.2, 0) is 19.1 Å². The minimum Gasteiger partial charge on any atom is -0.462 e. The molecule has 0 aliphatic rings. The van der Waals surface area contributed by atoms with Gasteiger partial charge in [-0.3, -0.25) is 9.59 Å². The van der Waals surface area contributed by atoms with Crippen LogP contribution in [0.4, 0.5) is 0 Å². The number of hydrogen-bond donors (Lipinski definition) is 1. The van der Waals surface area contributed by atoms with Crippen molar-refractivity contribution in [1.29, 1.82) is 0 Å². The lowest BCUT2D eigenvalue weighted by molar-refractivity contribution is -0.161. The zero-order valence-corrected chi connectivity index (χ0v) is 36.4. The van der Waals surface area contributed by atoms with E-state index < -0.39 is 6.10 Å². The number of allylic oxidation sites excluding steroid dienone is 14. The molecule has 0 amide bonds. The van der Waals surface area contributed by atoms with Gasteiger partial charge in [-0.15, -0.1) is 0 Å². The summed E-state index contributed by atoms with van der Waals surface area (Å²) in [6.07, 6.45) is 63.7. The zero-order valence-electron chi connectivity index (χ0n) is 36.4. The molecule has 0 saturated carbocycles. The summed E-state index contributed by atoms with van der Waals surface area (Å²) < 4.78 is 10.6. The zero-order chi connectivity index (χ0) is 40.7. The Bertz CT molecular complexity index is 1060. The van der Waals surface area contributed by atoms with Crippen LogP contribution in [-0.4, -0.2) is 36.4 Å². The van der Waals surface area contributed by atoms with E-state index in [1.165, 1.54) is 96.3 Å². The minimum absolute atomic E-state index is 0.0802. The van der Waals surface area contributed by atoms with Crippen molar-refractivity contribution in [3.63, 3.8) is 0 Å². The van der Waals surface area contributed by atoms with E-state index in [9.17, 15) is 14.7 Å². The van der Waals surface area contributed by atoms with Crippen molar-refractivity contribution in [3.8, 4) is 0 Å². The van der Waals surface area contributed by atoms with E-state index in [-0.39, 0.29) is 25.2 Å². The van der Waals surface area contributed by atoms with Crippen LogP contribution in [0.1, 0.15) is 206 Å². The fraction of sp³-hybridized carbons (Fsp3) is 0.686. The van der Waals surface area contributed by atoms with Gasteiger partial charge in [0.1, 0.15) is 6.61 Å². The highest BCUT2D eigenvalue weighted by Gasteiger charge is 2.16. The highest BCUT2D eigenvalue weighted by Crippen LogP contribution is 2.13. The summed E-state index contributed by atoms with van der Waals surface area (Å²) in [5, 5.41) is 9.60.